The number of hydrogen-bond acceptors (Lipinski definition) is 2. The standard InChI is InChI=1S/C8H18N.H2O4S/c1-3-6-9(2)7-4-5-8-9;1-5(2,3)4/h3-8H2,1-2H3;(H2,1,2,3,4)/q+1;. The van der Waals surface area contributed by atoms with Crippen molar-refractivity contribution in [2.45, 2.75) is 26.2 Å². The lowest BCUT2D eigenvalue weighted by Crippen LogP contribution is -2.41. The van der Waals surface area contributed by atoms with E-state index in [9.17, 15) is 0 Å². The first kappa shape index (κ1) is 13.8. The van der Waals surface area contributed by atoms with E-state index in [-0.39, 0.29) is 0 Å². The summed E-state index contributed by atoms with van der Waals surface area (Å²) in [7, 11) is -2.28. The summed E-state index contributed by atoms with van der Waals surface area (Å²) in [6, 6.07) is 0. The molecule has 0 radical (unpaired) electrons. The fraction of sp³-hybridized carbons (Fsp3) is 1.00. The highest BCUT2D eigenvalue weighted by Gasteiger charge is 2.24. The third-order valence-electron chi connectivity index (χ3n) is 2.41. The van der Waals surface area contributed by atoms with Crippen molar-refractivity contribution in [3.05, 3.63) is 0 Å². The number of quaternary nitrogens is 1. The average molecular weight is 226 g/mol. The Kier molecular flexibility index (Phi) is 5.58. The molecule has 1 rings (SSSR count). The highest BCUT2D eigenvalue weighted by atomic mass is 32.3. The van der Waals surface area contributed by atoms with Crippen LogP contribution < -0.4 is 0 Å². The molecule has 0 saturated carbocycles. The molecule has 0 aliphatic carbocycles. The van der Waals surface area contributed by atoms with Crippen LogP contribution in [0.1, 0.15) is 26.2 Å². The Morgan fingerprint density at radius 3 is 1.86 bits per heavy atom. The molecule has 14 heavy (non-hydrogen) atoms. The van der Waals surface area contributed by atoms with Gasteiger partial charge in [-0.3, -0.25) is 9.11 Å². The minimum absolute atomic E-state index is 1.34. The van der Waals surface area contributed by atoms with Gasteiger partial charge in [-0.15, -0.1) is 0 Å². The van der Waals surface area contributed by atoms with Gasteiger partial charge >= 0.3 is 10.4 Å². The average Bonchev–Trinajstić information content (AvgIpc) is 2.33. The molecule has 1 saturated heterocycles. The van der Waals surface area contributed by atoms with E-state index in [4.69, 9.17) is 17.5 Å². The van der Waals surface area contributed by atoms with E-state index in [1.165, 1.54) is 43.4 Å². The van der Waals surface area contributed by atoms with Crippen LogP contribution >= 0.6 is 0 Å². The molecule has 1 heterocycles. The van der Waals surface area contributed by atoms with E-state index >= 15 is 0 Å². The molecule has 0 bridgehead atoms. The molecule has 6 heteroatoms. The first-order chi connectivity index (χ1) is 6.27. The number of rotatable bonds is 2. The zero-order valence-electron chi connectivity index (χ0n) is 8.81. The first-order valence-electron chi connectivity index (χ1n) is 4.80. The SMILES string of the molecule is CCC[N+]1(C)CCCC1.O=S(=O)(O)O. The maximum atomic E-state index is 8.74. The zero-order valence-corrected chi connectivity index (χ0v) is 9.63. The zero-order chi connectivity index (χ0) is 11.2. The van der Waals surface area contributed by atoms with E-state index in [0.29, 0.717) is 0 Å². The van der Waals surface area contributed by atoms with E-state index in [0.717, 1.165) is 0 Å². The summed E-state index contributed by atoms with van der Waals surface area (Å²) >= 11 is 0. The molecule has 0 unspecified atom stereocenters. The molecular weight excluding hydrogens is 206 g/mol. The third-order valence-corrected chi connectivity index (χ3v) is 2.41. The van der Waals surface area contributed by atoms with E-state index in [1.807, 2.05) is 0 Å². The van der Waals surface area contributed by atoms with Gasteiger partial charge in [-0.25, -0.2) is 0 Å². The van der Waals surface area contributed by atoms with Gasteiger partial charge in [0.25, 0.3) is 0 Å². The van der Waals surface area contributed by atoms with Gasteiger partial charge < -0.3 is 4.48 Å². The van der Waals surface area contributed by atoms with Gasteiger partial charge in [0.1, 0.15) is 0 Å². The molecule has 0 aromatic carbocycles. The van der Waals surface area contributed by atoms with Crippen molar-refractivity contribution < 1.29 is 22.0 Å². The Bertz CT molecular complexity index is 236. The largest absolute Gasteiger partial charge is 0.394 e. The Morgan fingerprint density at radius 1 is 1.21 bits per heavy atom. The second-order valence-corrected chi connectivity index (χ2v) is 4.84. The molecule has 0 aromatic heterocycles. The highest BCUT2D eigenvalue weighted by molar-refractivity contribution is 7.79. The molecule has 2 N–H and O–H groups in total. The third kappa shape index (κ3) is 8.43. The van der Waals surface area contributed by atoms with Crippen molar-refractivity contribution >= 4 is 10.4 Å². The molecule has 1 fully saturated rings. The summed E-state index contributed by atoms with van der Waals surface area (Å²) in [4.78, 5) is 0. The van der Waals surface area contributed by atoms with E-state index < -0.39 is 10.4 Å². The maximum absolute atomic E-state index is 8.74. The molecule has 1 aliphatic rings. The quantitative estimate of drug-likeness (QED) is 0.544. The smallest absolute Gasteiger partial charge is 0.326 e. The molecular formula is C8H20NO4S+. The first-order valence-corrected chi connectivity index (χ1v) is 6.20. The van der Waals surface area contributed by atoms with Gasteiger partial charge in [0.15, 0.2) is 0 Å². The van der Waals surface area contributed by atoms with Gasteiger partial charge in [0.2, 0.25) is 0 Å². The van der Waals surface area contributed by atoms with Crippen molar-refractivity contribution in [2.75, 3.05) is 26.7 Å². The fourth-order valence-electron chi connectivity index (χ4n) is 1.86. The van der Waals surface area contributed by atoms with Gasteiger partial charge in [-0.1, -0.05) is 6.92 Å². The van der Waals surface area contributed by atoms with Crippen LogP contribution in [-0.4, -0.2) is 48.7 Å². The molecule has 0 atom stereocenters. The van der Waals surface area contributed by atoms with Crippen molar-refractivity contribution in [1.29, 1.82) is 0 Å². The van der Waals surface area contributed by atoms with Crippen LogP contribution in [0.25, 0.3) is 0 Å². The molecule has 0 amide bonds. The molecule has 1 aliphatic heterocycles. The summed E-state index contributed by atoms with van der Waals surface area (Å²) in [6.07, 6.45) is 4.25. The number of nitrogens with zero attached hydrogens (tertiary/aromatic N) is 1. The fourth-order valence-corrected chi connectivity index (χ4v) is 1.86. The van der Waals surface area contributed by atoms with Crippen LogP contribution in [0.3, 0.4) is 0 Å². The normalized spacial score (nSPS) is 20.0. The van der Waals surface area contributed by atoms with E-state index in [1.54, 1.807) is 0 Å². The topological polar surface area (TPSA) is 74.6 Å². The van der Waals surface area contributed by atoms with E-state index in [2.05, 4.69) is 14.0 Å². The summed E-state index contributed by atoms with van der Waals surface area (Å²) in [5.74, 6) is 0. The molecule has 5 nitrogen and oxygen atoms in total. The van der Waals surface area contributed by atoms with Crippen molar-refractivity contribution in [3.63, 3.8) is 0 Å². The summed E-state index contributed by atoms with van der Waals surface area (Å²) in [6.45, 7) is 6.52. The van der Waals surface area contributed by atoms with Crippen molar-refractivity contribution in [2.24, 2.45) is 0 Å². The predicted octanol–water partition coefficient (Wildman–Crippen LogP) is 0.984. The van der Waals surface area contributed by atoms with Gasteiger partial charge in [-0.2, -0.15) is 8.42 Å². The minimum atomic E-state index is -4.67. The van der Waals surface area contributed by atoms with Gasteiger partial charge in [0, 0.05) is 12.8 Å². The van der Waals surface area contributed by atoms with Crippen molar-refractivity contribution in [1.82, 2.24) is 0 Å². The summed E-state index contributed by atoms with van der Waals surface area (Å²) < 4.78 is 32.9. The van der Waals surface area contributed by atoms with Crippen LogP contribution in [0.4, 0.5) is 0 Å². The highest BCUT2D eigenvalue weighted by Crippen LogP contribution is 2.15. The Balaban J connectivity index is 0.000000292. The molecule has 0 aromatic rings. The van der Waals surface area contributed by atoms with Crippen LogP contribution in [0.2, 0.25) is 0 Å². The van der Waals surface area contributed by atoms with Gasteiger partial charge in [-0.05, 0) is 6.42 Å². The Hall–Kier alpha value is -0.170. The minimum Gasteiger partial charge on any atom is -0.326 e. The lowest BCUT2D eigenvalue weighted by atomic mass is 10.4. The maximum Gasteiger partial charge on any atom is 0.394 e. The van der Waals surface area contributed by atoms with Gasteiger partial charge in [0.05, 0.1) is 26.7 Å². The summed E-state index contributed by atoms with van der Waals surface area (Å²) in [5, 5.41) is 0. The van der Waals surface area contributed by atoms with Crippen LogP contribution in [0.15, 0.2) is 0 Å². The van der Waals surface area contributed by atoms with Crippen LogP contribution in [0, 0.1) is 0 Å². The Labute approximate surface area is 85.9 Å². The summed E-state index contributed by atoms with van der Waals surface area (Å²) in [5.41, 5.74) is 0. The number of hydrogen-bond donors (Lipinski definition) is 2. The second kappa shape index (κ2) is 5.65. The van der Waals surface area contributed by atoms with Crippen LogP contribution in [0.5, 0.6) is 0 Å². The lowest BCUT2D eigenvalue weighted by molar-refractivity contribution is -0.897. The van der Waals surface area contributed by atoms with Crippen molar-refractivity contribution in [3.8, 4) is 0 Å². The second-order valence-electron chi connectivity index (χ2n) is 3.95. The predicted molar refractivity (Wildman–Crippen MR) is 54.5 cm³/mol. The van der Waals surface area contributed by atoms with Crippen LogP contribution in [-0.2, 0) is 10.4 Å². The lowest BCUT2D eigenvalue weighted by Gasteiger charge is -2.28. The Morgan fingerprint density at radius 2 is 1.57 bits per heavy atom. The number of likely N-dealkylation sites (tertiary alicyclic amines) is 1. The molecule has 86 valence electrons. The monoisotopic (exact) mass is 226 g/mol. The molecule has 0 spiro atoms.